The van der Waals surface area contributed by atoms with Gasteiger partial charge in [-0.1, -0.05) is 18.0 Å². The van der Waals surface area contributed by atoms with E-state index in [1.165, 1.54) is 0 Å². The topological polar surface area (TPSA) is 117 Å². The molecule has 0 saturated heterocycles. The number of carbonyl (C=O) groups is 2. The minimum Gasteiger partial charge on any atom is -0.409 e. The summed E-state index contributed by atoms with van der Waals surface area (Å²) in [5.41, 5.74) is 4.80. The molecular weight excluding hydrogens is 260 g/mol. The lowest BCUT2D eigenvalue weighted by Crippen LogP contribution is -2.49. The summed E-state index contributed by atoms with van der Waals surface area (Å²) in [7, 11) is 0. The van der Waals surface area contributed by atoms with Crippen molar-refractivity contribution < 1.29 is 14.8 Å². The fourth-order valence-corrected chi connectivity index (χ4v) is 2.69. The quantitative estimate of drug-likeness (QED) is 0.179. The maximum atomic E-state index is 12.3. The number of nitrogens with one attached hydrogen (secondary N) is 2. The monoisotopic (exact) mass is 282 g/mol. The van der Waals surface area contributed by atoms with Gasteiger partial charge in [-0.05, 0) is 25.7 Å². The van der Waals surface area contributed by atoms with Crippen molar-refractivity contribution in [1.82, 2.24) is 10.6 Å². The molecule has 2 saturated carbocycles. The molecule has 2 rings (SSSR count). The van der Waals surface area contributed by atoms with Crippen LogP contribution in [0.15, 0.2) is 5.16 Å². The summed E-state index contributed by atoms with van der Waals surface area (Å²) in [6, 6.07) is 0. The van der Waals surface area contributed by atoms with E-state index < -0.39 is 5.41 Å². The van der Waals surface area contributed by atoms with Gasteiger partial charge in [-0.3, -0.25) is 9.59 Å². The van der Waals surface area contributed by atoms with Gasteiger partial charge in [-0.2, -0.15) is 0 Å². The number of nitrogens with zero attached hydrogens (tertiary/aromatic N) is 1. The lowest BCUT2D eigenvalue weighted by atomic mass is 9.84. The Kier molecular flexibility index (Phi) is 4.46. The summed E-state index contributed by atoms with van der Waals surface area (Å²) >= 11 is 0. The third kappa shape index (κ3) is 3.02. The molecular formula is C13H22N4O3. The Hall–Kier alpha value is -1.79. The summed E-state index contributed by atoms with van der Waals surface area (Å²) in [6.45, 7) is 0.769. The van der Waals surface area contributed by atoms with Gasteiger partial charge in [0.1, 0.15) is 5.41 Å². The van der Waals surface area contributed by atoms with Crippen LogP contribution in [0.5, 0.6) is 0 Å². The van der Waals surface area contributed by atoms with Gasteiger partial charge < -0.3 is 21.6 Å². The summed E-state index contributed by atoms with van der Waals surface area (Å²) in [4.78, 5) is 23.7. The fraction of sp³-hybridized carbons (Fsp3) is 0.769. The molecule has 112 valence electrons. The van der Waals surface area contributed by atoms with Crippen LogP contribution in [0.3, 0.4) is 0 Å². The predicted molar refractivity (Wildman–Crippen MR) is 73.1 cm³/mol. The van der Waals surface area contributed by atoms with Crippen LogP contribution in [0.4, 0.5) is 0 Å². The van der Waals surface area contributed by atoms with Crippen LogP contribution >= 0.6 is 0 Å². The van der Waals surface area contributed by atoms with Crippen LogP contribution in [-0.4, -0.2) is 35.9 Å². The van der Waals surface area contributed by atoms with Crippen molar-refractivity contribution in [3.05, 3.63) is 0 Å². The number of amides is 2. The Morgan fingerprint density at radius 1 is 1.20 bits per heavy atom. The standard InChI is InChI=1S/C13H22N4O3/c14-11(17-20)13(5-1-2-6-13)12(19)16-8-7-15-10(18)9-3-4-9/h9,20H,1-8H2,(H2,14,17)(H,15,18)(H,16,19). The molecule has 0 atom stereocenters. The van der Waals surface area contributed by atoms with Gasteiger partial charge in [0, 0.05) is 19.0 Å². The Morgan fingerprint density at radius 3 is 2.35 bits per heavy atom. The van der Waals surface area contributed by atoms with E-state index in [0.29, 0.717) is 25.9 Å². The average Bonchev–Trinajstić information content (AvgIpc) is 3.19. The van der Waals surface area contributed by atoms with Gasteiger partial charge >= 0.3 is 0 Å². The second-order valence-electron chi connectivity index (χ2n) is 5.60. The lowest BCUT2D eigenvalue weighted by molar-refractivity contribution is -0.128. The second kappa shape index (κ2) is 6.11. The zero-order valence-electron chi connectivity index (χ0n) is 11.5. The third-order valence-electron chi connectivity index (χ3n) is 4.15. The molecule has 2 amide bonds. The molecule has 2 aliphatic carbocycles. The van der Waals surface area contributed by atoms with Crippen molar-refractivity contribution in [2.24, 2.45) is 22.2 Å². The van der Waals surface area contributed by atoms with Crippen molar-refractivity contribution in [1.29, 1.82) is 0 Å². The van der Waals surface area contributed by atoms with Crippen molar-refractivity contribution in [3.8, 4) is 0 Å². The zero-order valence-corrected chi connectivity index (χ0v) is 11.5. The molecule has 5 N–H and O–H groups in total. The first-order valence-electron chi connectivity index (χ1n) is 7.14. The van der Waals surface area contributed by atoms with E-state index in [0.717, 1.165) is 25.7 Å². The van der Waals surface area contributed by atoms with E-state index >= 15 is 0 Å². The molecule has 7 nitrogen and oxygen atoms in total. The molecule has 0 spiro atoms. The molecule has 0 aromatic rings. The van der Waals surface area contributed by atoms with Crippen molar-refractivity contribution in [2.45, 2.75) is 38.5 Å². The SMILES string of the molecule is NC(=NO)C1(C(=O)NCCNC(=O)C2CC2)CCCC1. The van der Waals surface area contributed by atoms with E-state index in [2.05, 4.69) is 15.8 Å². The number of nitrogens with two attached hydrogens (primary N) is 1. The highest BCUT2D eigenvalue weighted by atomic mass is 16.4. The van der Waals surface area contributed by atoms with Gasteiger partial charge in [-0.15, -0.1) is 0 Å². The highest BCUT2D eigenvalue weighted by Gasteiger charge is 2.45. The van der Waals surface area contributed by atoms with Gasteiger partial charge in [0.2, 0.25) is 11.8 Å². The van der Waals surface area contributed by atoms with Crippen LogP contribution in [-0.2, 0) is 9.59 Å². The van der Waals surface area contributed by atoms with Crippen molar-refractivity contribution >= 4 is 17.6 Å². The van der Waals surface area contributed by atoms with Crippen LogP contribution in [0.25, 0.3) is 0 Å². The molecule has 0 radical (unpaired) electrons. The summed E-state index contributed by atoms with van der Waals surface area (Å²) in [5, 5.41) is 17.4. The second-order valence-corrected chi connectivity index (χ2v) is 5.60. The largest absolute Gasteiger partial charge is 0.409 e. The number of carbonyl (C=O) groups excluding carboxylic acids is 2. The summed E-state index contributed by atoms with van der Waals surface area (Å²) in [5.74, 6) is -0.00390. The molecule has 20 heavy (non-hydrogen) atoms. The number of rotatable bonds is 6. The molecule has 0 aromatic heterocycles. The van der Waals surface area contributed by atoms with E-state index in [1.54, 1.807) is 0 Å². The Bertz CT molecular complexity index is 412. The van der Waals surface area contributed by atoms with E-state index in [1.807, 2.05) is 0 Å². The molecule has 2 fully saturated rings. The first-order chi connectivity index (χ1) is 9.60. The van der Waals surface area contributed by atoms with Gasteiger partial charge in [0.05, 0.1) is 0 Å². The summed E-state index contributed by atoms with van der Waals surface area (Å²) in [6.07, 6.45) is 4.91. The summed E-state index contributed by atoms with van der Waals surface area (Å²) < 4.78 is 0. The maximum Gasteiger partial charge on any atom is 0.234 e. The molecule has 0 aromatic carbocycles. The normalized spacial score (nSPS) is 21.5. The van der Waals surface area contributed by atoms with Gasteiger partial charge in [-0.25, -0.2) is 0 Å². The molecule has 0 aliphatic heterocycles. The molecule has 0 heterocycles. The number of oxime groups is 1. The zero-order chi connectivity index (χ0) is 14.6. The van der Waals surface area contributed by atoms with E-state index in [4.69, 9.17) is 10.9 Å². The lowest BCUT2D eigenvalue weighted by Gasteiger charge is -2.25. The fourth-order valence-electron chi connectivity index (χ4n) is 2.69. The van der Waals surface area contributed by atoms with Crippen LogP contribution in [0, 0.1) is 11.3 Å². The molecule has 0 bridgehead atoms. The predicted octanol–water partition coefficient (Wildman–Crippen LogP) is -0.0644. The Labute approximate surface area is 118 Å². The first kappa shape index (κ1) is 14.6. The molecule has 7 heteroatoms. The minimum absolute atomic E-state index is 0.0190. The minimum atomic E-state index is -0.880. The number of amidine groups is 1. The van der Waals surface area contributed by atoms with Crippen LogP contribution in [0.2, 0.25) is 0 Å². The van der Waals surface area contributed by atoms with Gasteiger partial charge in [0.25, 0.3) is 0 Å². The van der Waals surface area contributed by atoms with E-state index in [9.17, 15) is 9.59 Å². The Balaban J connectivity index is 1.78. The number of hydrogen-bond acceptors (Lipinski definition) is 4. The van der Waals surface area contributed by atoms with Crippen LogP contribution < -0.4 is 16.4 Å². The van der Waals surface area contributed by atoms with Gasteiger partial charge in [0.15, 0.2) is 5.84 Å². The maximum absolute atomic E-state index is 12.3. The van der Waals surface area contributed by atoms with Crippen molar-refractivity contribution in [2.75, 3.05) is 13.1 Å². The average molecular weight is 282 g/mol. The van der Waals surface area contributed by atoms with Crippen molar-refractivity contribution in [3.63, 3.8) is 0 Å². The van der Waals surface area contributed by atoms with Crippen LogP contribution in [0.1, 0.15) is 38.5 Å². The van der Waals surface area contributed by atoms with E-state index in [-0.39, 0.29) is 23.6 Å². The first-order valence-corrected chi connectivity index (χ1v) is 7.14. The Morgan fingerprint density at radius 2 is 1.80 bits per heavy atom. The third-order valence-corrected chi connectivity index (χ3v) is 4.15. The molecule has 0 unspecified atom stereocenters. The highest BCUT2D eigenvalue weighted by Crippen LogP contribution is 2.38. The smallest absolute Gasteiger partial charge is 0.234 e. The molecule has 2 aliphatic rings. The number of hydrogen-bond donors (Lipinski definition) is 4. The highest BCUT2D eigenvalue weighted by molar-refractivity contribution is 6.07.